The maximum atomic E-state index is 12.3. The molecule has 0 aromatic heterocycles. The van der Waals surface area contributed by atoms with Gasteiger partial charge in [0, 0.05) is 24.8 Å². The van der Waals surface area contributed by atoms with Crippen LogP contribution >= 0.6 is 0 Å². The van der Waals surface area contributed by atoms with E-state index in [9.17, 15) is 4.79 Å². The maximum Gasteiger partial charge on any atom is 0.251 e. The lowest BCUT2D eigenvalue weighted by molar-refractivity contribution is 0.0696. The van der Waals surface area contributed by atoms with Gasteiger partial charge in [0.15, 0.2) is 11.5 Å². The lowest BCUT2D eigenvalue weighted by Gasteiger charge is -2.23. The Bertz CT molecular complexity index is 472. The van der Waals surface area contributed by atoms with Crippen molar-refractivity contribution < 1.29 is 23.7 Å². The molecule has 0 aliphatic carbocycles. The highest BCUT2D eigenvalue weighted by Crippen LogP contribution is 2.38. The fraction of sp³-hybridized carbons (Fsp3) is 0.533. The number of hydrogen-bond acceptors (Lipinski definition) is 5. The Morgan fingerprint density at radius 3 is 2.14 bits per heavy atom. The number of benzene rings is 1. The molecule has 1 aromatic carbocycles. The first-order valence-corrected chi connectivity index (χ1v) is 6.88. The van der Waals surface area contributed by atoms with E-state index in [4.69, 9.17) is 18.9 Å². The van der Waals surface area contributed by atoms with Gasteiger partial charge in [-0.3, -0.25) is 4.79 Å². The predicted octanol–water partition coefficient (Wildman–Crippen LogP) is 1.62. The topological polar surface area (TPSA) is 66.0 Å². The number of amides is 1. The zero-order valence-corrected chi connectivity index (χ0v) is 12.6. The standard InChI is InChI=1S/C15H21NO5/c1-18-12-8-10(9-13(19-2)14(12)20-3)15(17)16-11-4-6-21-7-5-11/h8-9,11H,4-7H2,1-3H3,(H,16,17). The molecule has 1 heterocycles. The van der Waals surface area contributed by atoms with E-state index >= 15 is 0 Å². The van der Waals surface area contributed by atoms with E-state index in [1.54, 1.807) is 12.1 Å². The van der Waals surface area contributed by atoms with Gasteiger partial charge >= 0.3 is 0 Å². The molecule has 2 rings (SSSR count). The van der Waals surface area contributed by atoms with Crippen molar-refractivity contribution in [3.05, 3.63) is 17.7 Å². The number of carbonyl (C=O) groups excluding carboxylic acids is 1. The highest BCUT2D eigenvalue weighted by atomic mass is 16.5. The zero-order chi connectivity index (χ0) is 15.2. The molecule has 1 saturated heterocycles. The summed E-state index contributed by atoms with van der Waals surface area (Å²) in [6, 6.07) is 3.44. The third-order valence-electron chi connectivity index (χ3n) is 3.48. The third-order valence-corrected chi connectivity index (χ3v) is 3.48. The van der Waals surface area contributed by atoms with E-state index in [0.717, 1.165) is 12.8 Å². The molecule has 1 aliphatic rings. The van der Waals surface area contributed by atoms with Crippen LogP contribution in [0.15, 0.2) is 12.1 Å². The van der Waals surface area contributed by atoms with Crippen LogP contribution in [0.5, 0.6) is 17.2 Å². The van der Waals surface area contributed by atoms with Crippen molar-refractivity contribution in [2.45, 2.75) is 18.9 Å². The second-order valence-electron chi connectivity index (χ2n) is 4.77. The van der Waals surface area contributed by atoms with Gasteiger partial charge in [-0.25, -0.2) is 0 Å². The Labute approximate surface area is 124 Å². The van der Waals surface area contributed by atoms with E-state index in [0.29, 0.717) is 36.0 Å². The maximum absolute atomic E-state index is 12.3. The summed E-state index contributed by atoms with van der Waals surface area (Å²) in [5.74, 6) is 1.26. The summed E-state index contributed by atoms with van der Waals surface area (Å²) >= 11 is 0. The average Bonchev–Trinajstić information content (AvgIpc) is 2.54. The van der Waals surface area contributed by atoms with Gasteiger partial charge in [-0.2, -0.15) is 0 Å². The van der Waals surface area contributed by atoms with Crippen molar-refractivity contribution >= 4 is 5.91 Å². The van der Waals surface area contributed by atoms with Crippen LogP contribution in [0.25, 0.3) is 0 Å². The number of rotatable bonds is 5. The van der Waals surface area contributed by atoms with Crippen molar-refractivity contribution in [3.8, 4) is 17.2 Å². The van der Waals surface area contributed by atoms with E-state index < -0.39 is 0 Å². The van der Waals surface area contributed by atoms with E-state index in [-0.39, 0.29) is 11.9 Å². The van der Waals surface area contributed by atoms with Crippen LogP contribution in [0, 0.1) is 0 Å². The number of methoxy groups -OCH3 is 3. The fourth-order valence-corrected chi connectivity index (χ4v) is 2.32. The van der Waals surface area contributed by atoms with Gasteiger partial charge in [0.2, 0.25) is 5.75 Å². The first-order valence-electron chi connectivity index (χ1n) is 6.88. The van der Waals surface area contributed by atoms with Gasteiger partial charge in [0.25, 0.3) is 5.91 Å². The molecule has 1 fully saturated rings. The van der Waals surface area contributed by atoms with Crippen molar-refractivity contribution in [1.82, 2.24) is 5.32 Å². The van der Waals surface area contributed by atoms with Crippen LogP contribution < -0.4 is 19.5 Å². The molecule has 1 amide bonds. The Kier molecular flexibility index (Phi) is 5.27. The van der Waals surface area contributed by atoms with E-state index in [1.807, 2.05) is 0 Å². The van der Waals surface area contributed by atoms with Crippen molar-refractivity contribution in [1.29, 1.82) is 0 Å². The van der Waals surface area contributed by atoms with Gasteiger partial charge in [0.1, 0.15) is 0 Å². The molecule has 0 radical (unpaired) electrons. The molecule has 0 saturated carbocycles. The van der Waals surface area contributed by atoms with Crippen LogP contribution in [0.4, 0.5) is 0 Å². The first-order chi connectivity index (χ1) is 10.2. The third kappa shape index (κ3) is 3.58. The van der Waals surface area contributed by atoms with Crippen molar-refractivity contribution in [3.63, 3.8) is 0 Å². The Morgan fingerprint density at radius 2 is 1.67 bits per heavy atom. The highest BCUT2D eigenvalue weighted by Gasteiger charge is 2.20. The van der Waals surface area contributed by atoms with Crippen LogP contribution in [0.2, 0.25) is 0 Å². The number of hydrogen-bond donors (Lipinski definition) is 1. The molecule has 1 N–H and O–H groups in total. The zero-order valence-electron chi connectivity index (χ0n) is 12.6. The molecule has 0 spiro atoms. The molecule has 116 valence electrons. The molecule has 1 aliphatic heterocycles. The monoisotopic (exact) mass is 295 g/mol. The van der Waals surface area contributed by atoms with Crippen molar-refractivity contribution in [2.75, 3.05) is 34.5 Å². The summed E-state index contributed by atoms with van der Waals surface area (Å²) in [6.45, 7) is 1.36. The molecule has 6 nitrogen and oxygen atoms in total. The lowest BCUT2D eigenvalue weighted by atomic mass is 10.1. The summed E-state index contributed by atoms with van der Waals surface area (Å²) in [5, 5.41) is 3.00. The Balaban J connectivity index is 2.19. The normalized spacial score (nSPS) is 15.4. The minimum atomic E-state index is -0.152. The first kappa shape index (κ1) is 15.4. The molecular formula is C15H21NO5. The van der Waals surface area contributed by atoms with Gasteiger partial charge < -0.3 is 24.3 Å². The lowest BCUT2D eigenvalue weighted by Crippen LogP contribution is -2.38. The van der Waals surface area contributed by atoms with Gasteiger partial charge in [-0.05, 0) is 25.0 Å². The van der Waals surface area contributed by atoms with Crippen LogP contribution in [0.1, 0.15) is 23.2 Å². The molecule has 0 bridgehead atoms. The minimum absolute atomic E-state index is 0.144. The summed E-state index contributed by atoms with van der Waals surface area (Å²) < 4.78 is 21.0. The number of nitrogens with one attached hydrogen (secondary N) is 1. The Morgan fingerprint density at radius 1 is 1.10 bits per heavy atom. The smallest absolute Gasteiger partial charge is 0.251 e. The molecule has 0 unspecified atom stereocenters. The van der Waals surface area contributed by atoms with E-state index in [2.05, 4.69) is 5.32 Å². The fourth-order valence-electron chi connectivity index (χ4n) is 2.32. The number of carbonyl (C=O) groups is 1. The molecule has 1 aromatic rings. The van der Waals surface area contributed by atoms with Crippen LogP contribution in [-0.2, 0) is 4.74 Å². The summed E-state index contributed by atoms with van der Waals surface area (Å²) in [5.41, 5.74) is 0.482. The molecule has 0 atom stereocenters. The van der Waals surface area contributed by atoms with E-state index in [1.165, 1.54) is 21.3 Å². The van der Waals surface area contributed by atoms with Crippen LogP contribution in [-0.4, -0.2) is 46.5 Å². The largest absolute Gasteiger partial charge is 0.493 e. The number of ether oxygens (including phenoxy) is 4. The quantitative estimate of drug-likeness (QED) is 0.894. The second kappa shape index (κ2) is 7.17. The molecular weight excluding hydrogens is 274 g/mol. The van der Waals surface area contributed by atoms with Gasteiger partial charge in [-0.1, -0.05) is 0 Å². The summed E-state index contributed by atoms with van der Waals surface area (Å²) in [4.78, 5) is 12.3. The van der Waals surface area contributed by atoms with Gasteiger partial charge in [-0.15, -0.1) is 0 Å². The SMILES string of the molecule is COc1cc(C(=O)NC2CCOCC2)cc(OC)c1OC. The minimum Gasteiger partial charge on any atom is -0.493 e. The van der Waals surface area contributed by atoms with Gasteiger partial charge in [0.05, 0.1) is 21.3 Å². The summed E-state index contributed by atoms with van der Waals surface area (Å²) in [7, 11) is 4.58. The average molecular weight is 295 g/mol. The highest BCUT2D eigenvalue weighted by molar-refractivity contribution is 5.95. The second-order valence-corrected chi connectivity index (χ2v) is 4.77. The molecule has 21 heavy (non-hydrogen) atoms. The van der Waals surface area contributed by atoms with Crippen molar-refractivity contribution in [2.24, 2.45) is 0 Å². The predicted molar refractivity (Wildman–Crippen MR) is 77.4 cm³/mol. The summed E-state index contributed by atoms with van der Waals surface area (Å²) in [6.07, 6.45) is 1.66. The molecule has 6 heteroatoms. The Hall–Kier alpha value is -1.95. The van der Waals surface area contributed by atoms with Crippen LogP contribution in [0.3, 0.4) is 0 Å².